The molecular formula is C11H13FN2O. The zero-order chi connectivity index (χ0) is 11.3. The first-order chi connectivity index (χ1) is 7.13. The highest BCUT2D eigenvalue weighted by molar-refractivity contribution is 5.92. The lowest BCUT2D eigenvalue weighted by atomic mass is 10.2. The molecule has 80 valence electrons. The number of halogens is 1. The number of hydrogen-bond acceptors (Lipinski definition) is 2. The van der Waals surface area contributed by atoms with Gasteiger partial charge in [-0.05, 0) is 25.5 Å². The Bertz CT molecular complexity index is 365. The number of amides is 1. The van der Waals surface area contributed by atoms with E-state index in [1.54, 1.807) is 6.08 Å². The summed E-state index contributed by atoms with van der Waals surface area (Å²) >= 11 is 0. The molecule has 0 aromatic carbocycles. The minimum atomic E-state index is -0.654. The molecule has 0 fully saturated rings. The highest BCUT2D eigenvalue weighted by atomic mass is 19.1. The van der Waals surface area contributed by atoms with E-state index in [0.717, 1.165) is 0 Å². The molecule has 4 heteroatoms. The van der Waals surface area contributed by atoms with Crippen molar-refractivity contribution in [3.63, 3.8) is 0 Å². The molecule has 0 aliphatic rings. The molecule has 1 amide bonds. The van der Waals surface area contributed by atoms with Gasteiger partial charge in [-0.25, -0.2) is 4.98 Å². The molecule has 0 radical (unpaired) electrons. The molecule has 0 saturated carbocycles. The standard InChI is InChI=1S/C11H13FN2O/c1-3-5-8(2)13-11(15)9-6-4-7-10(12)14-9/h3-4,6-8H,1,5H2,2H3,(H,13,15). The number of rotatable bonds is 4. The molecule has 0 saturated heterocycles. The molecule has 3 nitrogen and oxygen atoms in total. The van der Waals surface area contributed by atoms with E-state index in [0.29, 0.717) is 6.42 Å². The lowest BCUT2D eigenvalue weighted by Crippen LogP contribution is -2.32. The lowest BCUT2D eigenvalue weighted by molar-refractivity contribution is 0.0934. The van der Waals surface area contributed by atoms with Gasteiger partial charge in [0.05, 0.1) is 0 Å². The molecule has 1 rings (SSSR count). The number of nitrogens with zero attached hydrogens (tertiary/aromatic N) is 1. The maximum atomic E-state index is 12.7. The summed E-state index contributed by atoms with van der Waals surface area (Å²) in [5.74, 6) is -1.03. The largest absolute Gasteiger partial charge is 0.348 e. The highest BCUT2D eigenvalue weighted by Gasteiger charge is 2.10. The summed E-state index contributed by atoms with van der Waals surface area (Å²) in [5.41, 5.74) is 0.0888. The summed E-state index contributed by atoms with van der Waals surface area (Å²) in [6.45, 7) is 5.41. The maximum Gasteiger partial charge on any atom is 0.270 e. The van der Waals surface area contributed by atoms with Crippen LogP contribution in [0.15, 0.2) is 30.9 Å². The summed E-state index contributed by atoms with van der Waals surface area (Å²) in [6, 6.07) is 4.10. The fourth-order valence-corrected chi connectivity index (χ4v) is 1.14. The maximum absolute atomic E-state index is 12.7. The third-order valence-corrected chi connectivity index (χ3v) is 1.85. The second-order valence-corrected chi connectivity index (χ2v) is 3.24. The van der Waals surface area contributed by atoms with Crippen LogP contribution in [-0.2, 0) is 0 Å². The summed E-state index contributed by atoms with van der Waals surface area (Å²) in [5, 5.41) is 2.68. The van der Waals surface area contributed by atoms with Crippen LogP contribution < -0.4 is 5.32 Å². The number of carbonyl (C=O) groups is 1. The zero-order valence-corrected chi connectivity index (χ0v) is 8.53. The Kier molecular flexibility index (Phi) is 3.97. The number of hydrogen-bond donors (Lipinski definition) is 1. The quantitative estimate of drug-likeness (QED) is 0.606. The van der Waals surface area contributed by atoms with Crippen molar-refractivity contribution in [1.29, 1.82) is 0 Å². The van der Waals surface area contributed by atoms with Gasteiger partial charge in [-0.15, -0.1) is 6.58 Å². The van der Waals surface area contributed by atoms with Gasteiger partial charge >= 0.3 is 0 Å². The van der Waals surface area contributed by atoms with Gasteiger partial charge in [0.2, 0.25) is 5.95 Å². The van der Waals surface area contributed by atoms with Crippen molar-refractivity contribution < 1.29 is 9.18 Å². The molecule has 1 N–H and O–H groups in total. The molecule has 1 heterocycles. The smallest absolute Gasteiger partial charge is 0.270 e. The minimum Gasteiger partial charge on any atom is -0.348 e. The molecule has 0 bridgehead atoms. The van der Waals surface area contributed by atoms with Crippen LogP contribution in [0.5, 0.6) is 0 Å². The fourth-order valence-electron chi connectivity index (χ4n) is 1.14. The van der Waals surface area contributed by atoms with Gasteiger partial charge < -0.3 is 5.32 Å². The van der Waals surface area contributed by atoms with Crippen molar-refractivity contribution in [3.8, 4) is 0 Å². The fraction of sp³-hybridized carbons (Fsp3) is 0.273. The predicted octanol–water partition coefficient (Wildman–Crippen LogP) is 1.92. The van der Waals surface area contributed by atoms with Gasteiger partial charge in [0.25, 0.3) is 5.91 Å². The van der Waals surface area contributed by atoms with E-state index in [1.807, 2.05) is 6.92 Å². The lowest BCUT2D eigenvalue weighted by Gasteiger charge is -2.10. The predicted molar refractivity (Wildman–Crippen MR) is 55.9 cm³/mol. The van der Waals surface area contributed by atoms with Gasteiger partial charge in [-0.3, -0.25) is 4.79 Å². The van der Waals surface area contributed by atoms with Gasteiger partial charge in [-0.2, -0.15) is 4.39 Å². The Morgan fingerprint density at radius 3 is 3.07 bits per heavy atom. The molecule has 15 heavy (non-hydrogen) atoms. The second kappa shape index (κ2) is 5.24. The highest BCUT2D eigenvalue weighted by Crippen LogP contribution is 1.99. The van der Waals surface area contributed by atoms with Gasteiger partial charge in [0.1, 0.15) is 5.69 Å². The average Bonchev–Trinajstić information content (AvgIpc) is 2.18. The Hall–Kier alpha value is -1.71. The van der Waals surface area contributed by atoms with Crippen LogP contribution in [-0.4, -0.2) is 16.9 Å². The number of nitrogens with one attached hydrogen (secondary N) is 1. The van der Waals surface area contributed by atoms with Crippen molar-refractivity contribution in [1.82, 2.24) is 10.3 Å². The summed E-state index contributed by atoms with van der Waals surface area (Å²) < 4.78 is 12.7. The van der Waals surface area contributed by atoms with Crippen molar-refractivity contribution in [2.45, 2.75) is 19.4 Å². The van der Waals surface area contributed by atoms with E-state index in [2.05, 4.69) is 16.9 Å². The van der Waals surface area contributed by atoms with Crippen molar-refractivity contribution in [3.05, 3.63) is 42.5 Å². The van der Waals surface area contributed by atoms with Crippen LogP contribution in [0.1, 0.15) is 23.8 Å². The topological polar surface area (TPSA) is 42.0 Å². The third-order valence-electron chi connectivity index (χ3n) is 1.85. The van der Waals surface area contributed by atoms with Gasteiger partial charge in [0, 0.05) is 6.04 Å². The molecule has 0 aliphatic heterocycles. The van der Waals surface area contributed by atoms with E-state index in [9.17, 15) is 9.18 Å². The minimum absolute atomic E-state index is 0.0277. The van der Waals surface area contributed by atoms with Crippen molar-refractivity contribution in [2.75, 3.05) is 0 Å². The van der Waals surface area contributed by atoms with Crippen LogP contribution in [0.2, 0.25) is 0 Å². The van der Waals surface area contributed by atoms with Crippen LogP contribution in [0.3, 0.4) is 0 Å². The molecule has 0 aliphatic carbocycles. The van der Waals surface area contributed by atoms with Crippen molar-refractivity contribution in [2.24, 2.45) is 0 Å². The van der Waals surface area contributed by atoms with E-state index < -0.39 is 5.95 Å². The summed E-state index contributed by atoms with van der Waals surface area (Å²) in [4.78, 5) is 15.0. The Labute approximate surface area is 88.0 Å². The van der Waals surface area contributed by atoms with Gasteiger partial charge in [-0.1, -0.05) is 12.1 Å². The Morgan fingerprint density at radius 1 is 1.73 bits per heavy atom. The number of aromatic nitrogens is 1. The SMILES string of the molecule is C=CCC(C)NC(=O)c1cccc(F)n1. The van der Waals surface area contributed by atoms with E-state index >= 15 is 0 Å². The zero-order valence-electron chi connectivity index (χ0n) is 8.53. The normalized spacial score (nSPS) is 11.9. The monoisotopic (exact) mass is 208 g/mol. The van der Waals surface area contributed by atoms with E-state index in [1.165, 1.54) is 18.2 Å². The molecule has 1 aromatic heterocycles. The third kappa shape index (κ3) is 3.50. The Balaban J connectivity index is 2.65. The number of carbonyl (C=O) groups excluding carboxylic acids is 1. The van der Waals surface area contributed by atoms with Crippen LogP contribution in [0.25, 0.3) is 0 Å². The molecular weight excluding hydrogens is 195 g/mol. The number of pyridine rings is 1. The van der Waals surface area contributed by atoms with E-state index in [-0.39, 0.29) is 17.6 Å². The average molecular weight is 208 g/mol. The summed E-state index contributed by atoms with van der Waals surface area (Å²) in [7, 11) is 0. The first-order valence-electron chi connectivity index (χ1n) is 4.68. The van der Waals surface area contributed by atoms with Crippen LogP contribution >= 0.6 is 0 Å². The second-order valence-electron chi connectivity index (χ2n) is 3.24. The molecule has 1 unspecified atom stereocenters. The van der Waals surface area contributed by atoms with Crippen molar-refractivity contribution >= 4 is 5.91 Å². The first kappa shape index (κ1) is 11.4. The molecule has 1 atom stereocenters. The van der Waals surface area contributed by atoms with E-state index in [4.69, 9.17) is 0 Å². The van der Waals surface area contributed by atoms with Gasteiger partial charge in [0.15, 0.2) is 0 Å². The van der Waals surface area contributed by atoms with Crippen LogP contribution in [0.4, 0.5) is 4.39 Å². The molecule has 1 aromatic rings. The van der Waals surface area contributed by atoms with Crippen LogP contribution in [0, 0.1) is 5.95 Å². The molecule has 0 spiro atoms. The Morgan fingerprint density at radius 2 is 2.47 bits per heavy atom. The first-order valence-corrected chi connectivity index (χ1v) is 4.68. The summed E-state index contributed by atoms with van der Waals surface area (Å²) in [6.07, 6.45) is 2.38.